The Bertz CT molecular complexity index is 318. The smallest absolute Gasteiger partial charge is 0.239 e. The summed E-state index contributed by atoms with van der Waals surface area (Å²) in [4.78, 5) is 14.7. The Balaban J connectivity index is 1.67. The van der Waals surface area contributed by atoms with Crippen LogP contribution in [0.2, 0.25) is 0 Å². The van der Waals surface area contributed by atoms with E-state index in [4.69, 9.17) is 4.74 Å². The van der Waals surface area contributed by atoms with Gasteiger partial charge in [-0.15, -0.1) is 0 Å². The highest BCUT2D eigenvalue weighted by atomic mass is 16.5. The van der Waals surface area contributed by atoms with Crippen molar-refractivity contribution >= 4 is 5.91 Å². The van der Waals surface area contributed by atoms with Crippen LogP contribution in [-0.2, 0) is 16.0 Å². The molecule has 0 spiro atoms. The Kier molecular flexibility index (Phi) is 3.96. The first-order valence-electron chi connectivity index (χ1n) is 5.57. The van der Waals surface area contributed by atoms with Crippen LogP contribution >= 0.6 is 0 Å². The molecule has 2 heterocycles. The van der Waals surface area contributed by atoms with Crippen LogP contribution in [0.25, 0.3) is 0 Å². The van der Waals surface area contributed by atoms with Gasteiger partial charge in [0.2, 0.25) is 5.91 Å². The number of nitrogens with one attached hydrogen (secondary N) is 3. The fourth-order valence-corrected chi connectivity index (χ4v) is 1.70. The van der Waals surface area contributed by atoms with E-state index in [2.05, 4.69) is 15.6 Å². The zero-order valence-electron chi connectivity index (χ0n) is 9.16. The van der Waals surface area contributed by atoms with E-state index in [9.17, 15) is 4.79 Å². The molecule has 1 aromatic rings. The lowest BCUT2D eigenvalue weighted by molar-refractivity contribution is -0.125. The van der Waals surface area contributed by atoms with Crippen LogP contribution in [-0.4, -0.2) is 43.2 Å². The minimum Gasteiger partial charge on any atom is -0.378 e. The number of hydrogen-bond acceptors (Lipinski definition) is 3. The van der Waals surface area contributed by atoms with E-state index in [-0.39, 0.29) is 11.9 Å². The highest BCUT2D eigenvalue weighted by Gasteiger charge is 2.20. The number of aromatic nitrogens is 1. The maximum absolute atomic E-state index is 11.7. The fraction of sp³-hybridized carbons (Fsp3) is 0.545. The molecule has 1 amide bonds. The summed E-state index contributed by atoms with van der Waals surface area (Å²) in [5.74, 6) is 0.0234. The normalized spacial score (nSPS) is 20.6. The second kappa shape index (κ2) is 5.67. The highest BCUT2D eigenvalue weighted by molar-refractivity contribution is 5.81. The topological polar surface area (TPSA) is 66.2 Å². The molecule has 5 nitrogen and oxygen atoms in total. The molecule has 3 N–H and O–H groups in total. The molecule has 1 fully saturated rings. The third-order valence-electron chi connectivity index (χ3n) is 2.61. The molecule has 1 atom stereocenters. The molecule has 1 aromatic heterocycles. The average Bonchev–Trinajstić information content (AvgIpc) is 2.83. The van der Waals surface area contributed by atoms with Crippen molar-refractivity contribution in [2.24, 2.45) is 0 Å². The predicted octanol–water partition coefficient (Wildman–Crippen LogP) is -0.338. The molecular weight excluding hydrogens is 206 g/mol. The number of ether oxygens (including phenoxy) is 1. The molecule has 1 aliphatic rings. The van der Waals surface area contributed by atoms with Crippen molar-refractivity contribution in [2.75, 3.05) is 26.3 Å². The summed E-state index contributed by atoms with van der Waals surface area (Å²) in [6.07, 6.45) is 4.67. The van der Waals surface area contributed by atoms with Crippen LogP contribution in [0.5, 0.6) is 0 Å². The van der Waals surface area contributed by atoms with Gasteiger partial charge in [0.25, 0.3) is 0 Å². The first-order valence-corrected chi connectivity index (χ1v) is 5.57. The van der Waals surface area contributed by atoms with Gasteiger partial charge in [-0.05, 0) is 18.1 Å². The molecule has 0 aromatic carbocycles. The van der Waals surface area contributed by atoms with Crippen molar-refractivity contribution in [1.29, 1.82) is 0 Å². The van der Waals surface area contributed by atoms with Crippen molar-refractivity contribution in [3.63, 3.8) is 0 Å². The summed E-state index contributed by atoms with van der Waals surface area (Å²) in [5, 5.41) is 6.01. The zero-order chi connectivity index (χ0) is 11.2. The summed E-state index contributed by atoms with van der Waals surface area (Å²) in [6, 6.07) is 1.81. The fourth-order valence-electron chi connectivity index (χ4n) is 1.70. The van der Waals surface area contributed by atoms with Gasteiger partial charge < -0.3 is 20.4 Å². The van der Waals surface area contributed by atoms with Gasteiger partial charge in [0.1, 0.15) is 6.04 Å². The summed E-state index contributed by atoms with van der Waals surface area (Å²) in [5.41, 5.74) is 1.20. The maximum atomic E-state index is 11.7. The van der Waals surface area contributed by atoms with Crippen molar-refractivity contribution in [2.45, 2.75) is 12.5 Å². The number of carbonyl (C=O) groups excluding carboxylic acids is 1. The van der Waals surface area contributed by atoms with Gasteiger partial charge in [0.15, 0.2) is 0 Å². The number of rotatable bonds is 4. The molecule has 2 rings (SSSR count). The van der Waals surface area contributed by atoms with Gasteiger partial charge in [0, 0.05) is 25.5 Å². The molecular formula is C11H17N3O2. The monoisotopic (exact) mass is 223 g/mol. The standard InChI is InChI=1S/C11H17N3O2/c15-11(10-8-16-6-5-13-10)14-4-2-9-1-3-12-7-9/h1,3,7,10,12-13H,2,4-6,8H2,(H,14,15). The molecule has 0 bridgehead atoms. The number of aromatic amines is 1. The predicted molar refractivity (Wildman–Crippen MR) is 60.1 cm³/mol. The summed E-state index contributed by atoms with van der Waals surface area (Å²) in [7, 11) is 0. The Labute approximate surface area is 94.6 Å². The Morgan fingerprint density at radius 2 is 2.56 bits per heavy atom. The second-order valence-electron chi connectivity index (χ2n) is 3.84. The zero-order valence-corrected chi connectivity index (χ0v) is 9.16. The molecule has 1 aliphatic heterocycles. The van der Waals surface area contributed by atoms with E-state index in [1.54, 1.807) is 0 Å². The lowest BCUT2D eigenvalue weighted by Crippen LogP contribution is -2.51. The number of hydrogen-bond donors (Lipinski definition) is 3. The van der Waals surface area contributed by atoms with E-state index in [0.29, 0.717) is 19.8 Å². The first kappa shape index (κ1) is 11.2. The van der Waals surface area contributed by atoms with E-state index in [1.165, 1.54) is 5.56 Å². The second-order valence-corrected chi connectivity index (χ2v) is 3.84. The van der Waals surface area contributed by atoms with Crippen LogP contribution < -0.4 is 10.6 Å². The van der Waals surface area contributed by atoms with Gasteiger partial charge in [-0.3, -0.25) is 4.79 Å². The van der Waals surface area contributed by atoms with Gasteiger partial charge >= 0.3 is 0 Å². The molecule has 1 saturated heterocycles. The molecule has 0 aliphatic carbocycles. The molecule has 0 radical (unpaired) electrons. The largest absolute Gasteiger partial charge is 0.378 e. The average molecular weight is 223 g/mol. The van der Waals surface area contributed by atoms with Gasteiger partial charge in [0.05, 0.1) is 13.2 Å². The van der Waals surface area contributed by atoms with Crippen LogP contribution in [0, 0.1) is 0 Å². The Morgan fingerprint density at radius 1 is 1.62 bits per heavy atom. The van der Waals surface area contributed by atoms with Gasteiger partial charge in [-0.25, -0.2) is 0 Å². The lowest BCUT2D eigenvalue weighted by Gasteiger charge is -2.22. The minimum atomic E-state index is -0.194. The van der Waals surface area contributed by atoms with E-state index in [1.807, 2.05) is 18.5 Å². The number of H-pyrrole nitrogens is 1. The summed E-state index contributed by atoms with van der Waals surface area (Å²) < 4.78 is 5.23. The first-order chi connectivity index (χ1) is 7.86. The molecule has 1 unspecified atom stereocenters. The maximum Gasteiger partial charge on any atom is 0.239 e. The van der Waals surface area contributed by atoms with E-state index < -0.39 is 0 Å². The SMILES string of the molecule is O=C(NCCc1cc[nH]c1)C1COCCN1. The van der Waals surface area contributed by atoms with Gasteiger partial charge in [-0.1, -0.05) is 0 Å². The van der Waals surface area contributed by atoms with Crippen molar-refractivity contribution < 1.29 is 9.53 Å². The van der Waals surface area contributed by atoms with Crippen LogP contribution in [0.3, 0.4) is 0 Å². The number of morpholine rings is 1. The summed E-state index contributed by atoms with van der Waals surface area (Å²) in [6.45, 7) is 2.56. The van der Waals surface area contributed by atoms with E-state index >= 15 is 0 Å². The minimum absolute atomic E-state index is 0.0234. The lowest BCUT2D eigenvalue weighted by atomic mass is 10.2. The number of carbonyl (C=O) groups is 1. The van der Waals surface area contributed by atoms with Crippen molar-refractivity contribution in [3.05, 3.63) is 24.0 Å². The van der Waals surface area contributed by atoms with Crippen molar-refractivity contribution in [1.82, 2.24) is 15.6 Å². The van der Waals surface area contributed by atoms with Crippen molar-refractivity contribution in [3.8, 4) is 0 Å². The molecule has 16 heavy (non-hydrogen) atoms. The third kappa shape index (κ3) is 3.08. The number of amides is 1. The quantitative estimate of drug-likeness (QED) is 0.654. The Morgan fingerprint density at radius 3 is 3.25 bits per heavy atom. The van der Waals surface area contributed by atoms with Crippen LogP contribution in [0.1, 0.15) is 5.56 Å². The van der Waals surface area contributed by atoms with Gasteiger partial charge in [-0.2, -0.15) is 0 Å². The Hall–Kier alpha value is -1.33. The van der Waals surface area contributed by atoms with E-state index in [0.717, 1.165) is 13.0 Å². The van der Waals surface area contributed by atoms with Crippen LogP contribution in [0.15, 0.2) is 18.5 Å². The third-order valence-corrected chi connectivity index (χ3v) is 2.61. The molecule has 88 valence electrons. The highest BCUT2D eigenvalue weighted by Crippen LogP contribution is 1.97. The molecule has 5 heteroatoms. The molecule has 0 saturated carbocycles. The summed E-state index contributed by atoms with van der Waals surface area (Å²) >= 11 is 0. The van der Waals surface area contributed by atoms with Crippen LogP contribution in [0.4, 0.5) is 0 Å².